The monoisotopic (exact) mass is 414 g/mol. The van der Waals surface area contributed by atoms with Crippen molar-refractivity contribution in [3.8, 4) is 0 Å². The second kappa shape index (κ2) is 8.19. The van der Waals surface area contributed by atoms with Gasteiger partial charge >= 0.3 is 0 Å². The first-order valence-corrected chi connectivity index (χ1v) is 12.8. The highest BCUT2D eigenvalue weighted by atomic mass is 32.2. The molecule has 0 radical (unpaired) electrons. The predicted molar refractivity (Wildman–Crippen MR) is 105 cm³/mol. The Bertz CT molecular complexity index is 846. The fourth-order valence-electron chi connectivity index (χ4n) is 4.43. The third-order valence-corrected chi connectivity index (χ3v) is 10.0. The van der Waals surface area contributed by atoms with Crippen molar-refractivity contribution < 1.29 is 16.8 Å². The molecule has 0 N–H and O–H groups in total. The summed E-state index contributed by atoms with van der Waals surface area (Å²) in [7, 11) is -7.16. The van der Waals surface area contributed by atoms with Crippen LogP contribution in [0.5, 0.6) is 0 Å². The van der Waals surface area contributed by atoms with Crippen molar-refractivity contribution in [2.75, 3.05) is 26.2 Å². The predicted octanol–water partition coefficient (Wildman–Crippen LogP) is 2.92. The van der Waals surface area contributed by atoms with Crippen LogP contribution >= 0.6 is 0 Å². The Labute approximate surface area is 163 Å². The molecular formula is C19H30N2O4S2. The first-order chi connectivity index (χ1) is 12.8. The quantitative estimate of drug-likeness (QED) is 0.717. The molecule has 1 saturated heterocycles. The molecule has 0 amide bonds. The second-order valence-electron chi connectivity index (χ2n) is 7.52. The van der Waals surface area contributed by atoms with Crippen LogP contribution in [0.2, 0.25) is 0 Å². The van der Waals surface area contributed by atoms with Gasteiger partial charge in [0.2, 0.25) is 20.0 Å². The van der Waals surface area contributed by atoms with Crippen molar-refractivity contribution in [2.24, 2.45) is 11.8 Å². The van der Waals surface area contributed by atoms with Crippen LogP contribution in [0.3, 0.4) is 0 Å². The van der Waals surface area contributed by atoms with E-state index in [4.69, 9.17) is 0 Å². The molecule has 152 valence electrons. The van der Waals surface area contributed by atoms with Crippen molar-refractivity contribution in [2.45, 2.75) is 55.7 Å². The Kier molecular flexibility index (Phi) is 6.30. The minimum atomic E-state index is -3.58. The van der Waals surface area contributed by atoms with Gasteiger partial charge < -0.3 is 0 Å². The number of hydrogen-bond donors (Lipinski definition) is 0. The lowest BCUT2D eigenvalue weighted by Crippen LogP contribution is -2.44. The molecule has 1 heterocycles. The van der Waals surface area contributed by atoms with Gasteiger partial charge in [-0.2, -0.15) is 8.61 Å². The minimum absolute atomic E-state index is 0.135. The summed E-state index contributed by atoms with van der Waals surface area (Å²) < 4.78 is 54.2. The summed E-state index contributed by atoms with van der Waals surface area (Å²) in [5.74, 6) is 1.12. The van der Waals surface area contributed by atoms with E-state index in [0.29, 0.717) is 38.0 Å². The SMILES string of the molecule is CCN(CC)S(=O)(=O)c1ccc(S(=O)(=O)N2CC[C@H]3CCCC[C@@H]3C2)cc1. The molecule has 0 bridgehead atoms. The number of nitrogens with zero attached hydrogens (tertiary/aromatic N) is 2. The molecule has 2 atom stereocenters. The molecule has 2 fully saturated rings. The van der Waals surface area contributed by atoms with Crippen molar-refractivity contribution >= 4 is 20.0 Å². The normalized spacial score (nSPS) is 24.7. The number of hydrogen-bond acceptors (Lipinski definition) is 4. The Morgan fingerprint density at radius 3 is 2.04 bits per heavy atom. The van der Waals surface area contributed by atoms with Gasteiger partial charge in [0.1, 0.15) is 0 Å². The van der Waals surface area contributed by atoms with Crippen LogP contribution < -0.4 is 0 Å². The van der Waals surface area contributed by atoms with Gasteiger partial charge in [-0.15, -0.1) is 0 Å². The van der Waals surface area contributed by atoms with Gasteiger partial charge in [-0.25, -0.2) is 16.8 Å². The van der Waals surface area contributed by atoms with Crippen LogP contribution in [-0.2, 0) is 20.0 Å². The molecule has 1 aromatic carbocycles. The summed E-state index contributed by atoms with van der Waals surface area (Å²) in [5.41, 5.74) is 0. The van der Waals surface area contributed by atoms with E-state index < -0.39 is 20.0 Å². The first-order valence-electron chi connectivity index (χ1n) is 9.91. The number of sulfonamides is 2. The Morgan fingerprint density at radius 2 is 1.44 bits per heavy atom. The number of rotatable bonds is 6. The summed E-state index contributed by atoms with van der Waals surface area (Å²) >= 11 is 0. The van der Waals surface area contributed by atoms with Crippen LogP contribution in [0.25, 0.3) is 0 Å². The third kappa shape index (κ3) is 4.09. The summed E-state index contributed by atoms with van der Waals surface area (Å²) in [6.07, 6.45) is 5.70. The molecule has 8 heteroatoms. The maximum atomic E-state index is 13.0. The molecule has 1 aromatic rings. The summed E-state index contributed by atoms with van der Waals surface area (Å²) in [6, 6.07) is 5.68. The fourth-order valence-corrected chi connectivity index (χ4v) is 7.40. The molecule has 0 spiro atoms. The van der Waals surface area contributed by atoms with E-state index in [1.54, 1.807) is 18.2 Å². The Balaban J connectivity index is 1.80. The Morgan fingerprint density at radius 1 is 0.889 bits per heavy atom. The van der Waals surface area contributed by atoms with Crippen LogP contribution in [0, 0.1) is 11.8 Å². The summed E-state index contributed by atoms with van der Waals surface area (Å²) in [5, 5.41) is 0. The number of benzene rings is 1. The minimum Gasteiger partial charge on any atom is -0.207 e. The van der Waals surface area contributed by atoms with Gasteiger partial charge in [-0.05, 0) is 48.9 Å². The highest BCUT2D eigenvalue weighted by Gasteiger charge is 2.36. The van der Waals surface area contributed by atoms with Gasteiger partial charge in [0.25, 0.3) is 0 Å². The average molecular weight is 415 g/mol. The molecule has 27 heavy (non-hydrogen) atoms. The summed E-state index contributed by atoms with van der Waals surface area (Å²) in [6.45, 7) is 5.49. The van der Waals surface area contributed by atoms with E-state index >= 15 is 0 Å². The zero-order valence-corrected chi connectivity index (χ0v) is 17.8. The smallest absolute Gasteiger partial charge is 0.207 e. The lowest BCUT2D eigenvalue weighted by Gasteiger charge is -2.40. The second-order valence-corrected chi connectivity index (χ2v) is 11.4. The molecule has 6 nitrogen and oxygen atoms in total. The molecule has 1 saturated carbocycles. The van der Waals surface area contributed by atoms with E-state index in [1.165, 1.54) is 47.8 Å². The fraction of sp³-hybridized carbons (Fsp3) is 0.684. The highest BCUT2D eigenvalue weighted by Crippen LogP contribution is 2.37. The molecule has 1 aliphatic heterocycles. The van der Waals surface area contributed by atoms with Crippen molar-refractivity contribution in [3.63, 3.8) is 0 Å². The largest absolute Gasteiger partial charge is 0.243 e. The van der Waals surface area contributed by atoms with Gasteiger partial charge in [-0.3, -0.25) is 0 Å². The van der Waals surface area contributed by atoms with Gasteiger partial charge in [0.05, 0.1) is 9.79 Å². The number of fused-ring (bicyclic) bond motifs is 1. The molecule has 2 aliphatic rings. The zero-order chi connectivity index (χ0) is 19.7. The van der Waals surface area contributed by atoms with E-state index in [9.17, 15) is 16.8 Å². The first kappa shape index (κ1) is 20.8. The average Bonchev–Trinajstić information content (AvgIpc) is 2.68. The molecular weight excluding hydrogens is 384 g/mol. The highest BCUT2D eigenvalue weighted by molar-refractivity contribution is 7.89. The Hall–Kier alpha value is -0.960. The van der Waals surface area contributed by atoms with Crippen LogP contribution in [0.1, 0.15) is 46.0 Å². The van der Waals surface area contributed by atoms with E-state index in [2.05, 4.69) is 0 Å². The summed E-state index contributed by atoms with van der Waals surface area (Å²) in [4.78, 5) is 0.311. The van der Waals surface area contributed by atoms with Gasteiger partial charge in [-0.1, -0.05) is 33.1 Å². The van der Waals surface area contributed by atoms with Gasteiger partial charge in [0, 0.05) is 26.2 Å². The zero-order valence-electron chi connectivity index (χ0n) is 16.2. The van der Waals surface area contributed by atoms with Crippen LogP contribution in [0.4, 0.5) is 0 Å². The topological polar surface area (TPSA) is 74.8 Å². The third-order valence-electron chi connectivity index (χ3n) is 6.06. The molecule has 0 aromatic heterocycles. The molecule has 3 rings (SSSR count). The lowest BCUT2D eigenvalue weighted by molar-refractivity contribution is 0.136. The van der Waals surface area contributed by atoms with E-state index in [1.807, 2.05) is 0 Å². The lowest BCUT2D eigenvalue weighted by atomic mass is 9.76. The maximum Gasteiger partial charge on any atom is 0.243 e. The standard InChI is InChI=1S/C19H30N2O4S2/c1-3-20(4-2)26(22,23)18-9-11-19(12-10-18)27(24,25)21-14-13-16-7-5-6-8-17(16)15-21/h9-12,16-17H,3-8,13-15H2,1-2H3/t16-,17-/m1/s1. The van der Waals surface area contributed by atoms with Crippen molar-refractivity contribution in [1.82, 2.24) is 8.61 Å². The van der Waals surface area contributed by atoms with Gasteiger partial charge in [0.15, 0.2) is 0 Å². The van der Waals surface area contributed by atoms with E-state index in [-0.39, 0.29) is 9.79 Å². The van der Waals surface area contributed by atoms with E-state index in [0.717, 1.165) is 12.8 Å². The van der Waals surface area contributed by atoms with Crippen LogP contribution in [-0.4, -0.2) is 51.6 Å². The molecule has 1 aliphatic carbocycles. The molecule has 0 unspecified atom stereocenters. The van der Waals surface area contributed by atoms with Crippen LogP contribution in [0.15, 0.2) is 34.1 Å². The van der Waals surface area contributed by atoms with Crippen molar-refractivity contribution in [3.05, 3.63) is 24.3 Å². The van der Waals surface area contributed by atoms with Crippen molar-refractivity contribution in [1.29, 1.82) is 0 Å². The number of piperidine rings is 1. The maximum absolute atomic E-state index is 13.0.